The SMILES string of the molecule is CCCNc1nc(NC(C)C2CCCCC2)c(F)cc1F. The Labute approximate surface area is 125 Å². The molecule has 2 rings (SSSR count). The molecule has 1 aromatic heterocycles. The Balaban J connectivity index is 2.07. The molecule has 1 unspecified atom stereocenters. The fourth-order valence-electron chi connectivity index (χ4n) is 2.90. The lowest BCUT2D eigenvalue weighted by Crippen LogP contribution is -2.28. The van der Waals surface area contributed by atoms with E-state index in [0.717, 1.165) is 25.3 Å². The van der Waals surface area contributed by atoms with Gasteiger partial charge in [-0.05, 0) is 32.1 Å². The van der Waals surface area contributed by atoms with Gasteiger partial charge in [0.05, 0.1) is 0 Å². The summed E-state index contributed by atoms with van der Waals surface area (Å²) in [4.78, 5) is 4.07. The van der Waals surface area contributed by atoms with Crippen LogP contribution in [0.2, 0.25) is 0 Å². The summed E-state index contributed by atoms with van der Waals surface area (Å²) in [6, 6.07) is 1.05. The molecule has 118 valence electrons. The summed E-state index contributed by atoms with van der Waals surface area (Å²) < 4.78 is 27.5. The molecule has 21 heavy (non-hydrogen) atoms. The lowest BCUT2D eigenvalue weighted by Gasteiger charge is -2.28. The highest BCUT2D eigenvalue weighted by Gasteiger charge is 2.22. The van der Waals surface area contributed by atoms with Crippen molar-refractivity contribution in [2.75, 3.05) is 17.2 Å². The quantitative estimate of drug-likeness (QED) is 0.808. The first-order valence-electron chi connectivity index (χ1n) is 7.98. The monoisotopic (exact) mass is 297 g/mol. The van der Waals surface area contributed by atoms with Crippen molar-refractivity contribution in [3.8, 4) is 0 Å². The second-order valence-electron chi connectivity index (χ2n) is 5.91. The lowest BCUT2D eigenvalue weighted by atomic mass is 9.84. The van der Waals surface area contributed by atoms with Gasteiger partial charge in [-0.15, -0.1) is 0 Å². The largest absolute Gasteiger partial charge is 0.368 e. The van der Waals surface area contributed by atoms with Gasteiger partial charge in [-0.25, -0.2) is 13.8 Å². The average Bonchev–Trinajstić information content (AvgIpc) is 2.49. The Morgan fingerprint density at radius 1 is 1.19 bits per heavy atom. The van der Waals surface area contributed by atoms with E-state index >= 15 is 0 Å². The number of nitrogens with one attached hydrogen (secondary N) is 2. The zero-order valence-corrected chi connectivity index (χ0v) is 12.9. The maximum atomic E-state index is 13.9. The lowest BCUT2D eigenvalue weighted by molar-refractivity contribution is 0.327. The molecule has 0 amide bonds. The molecule has 0 bridgehead atoms. The van der Waals surface area contributed by atoms with Gasteiger partial charge in [0, 0.05) is 18.7 Å². The number of hydrogen-bond donors (Lipinski definition) is 2. The summed E-state index contributed by atoms with van der Waals surface area (Å²) in [7, 11) is 0. The molecule has 3 nitrogen and oxygen atoms in total. The minimum atomic E-state index is -0.642. The summed E-state index contributed by atoms with van der Waals surface area (Å²) in [5.74, 6) is -0.462. The van der Waals surface area contributed by atoms with Crippen LogP contribution < -0.4 is 10.6 Å². The molecular formula is C16H25F2N3. The molecular weight excluding hydrogens is 272 g/mol. The number of anilines is 2. The Bertz CT molecular complexity index is 459. The van der Waals surface area contributed by atoms with E-state index in [1.807, 2.05) is 6.92 Å². The van der Waals surface area contributed by atoms with Crippen LogP contribution in [0.25, 0.3) is 0 Å². The first kappa shape index (κ1) is 16.0. The van der Waals surface area contributed by atoms with Gasteiger partial charge in [-0.1, -0.05) is 26.2 Å². The molecule has 1 saturated carbocycles. The third-order valence-electron chi connectivity index (χ3n) is 4.19. The second-order valence-corrected chi connectivity index (χ2v) is 5.91. The van der Waals surface area contributed by atoms with Gasteiger partial charge in [-0.3, -0.25) is 0 Å². The van der Waals surface area contributed by atoms with Crippen molar-refractivity contribution in [1.82, 2.24) is 4.98 Å². The molecule has 0 aromatic carbocycles. The molecule has 0 radical (unpaired) electrons. The number of pyridine rings is 1. The molecule has 1 aliphatic carbocycles. The second kappa shape index (κ2) is 7.57. The molecule has 2 N–H and O–H groups in total. The van der Waals surface area contributed by atoms with Crippen molar-refractivity contribution in [1.29, 1.82) is 0 Å². The van der Waals surface area contributed by atoms with Crippen LogP contribution in [0.3, 0.4) is 0 Å². The molecule has 5 heteroatoms. The van der Waals surface area contributed by atoms with Gasteiger partial charge >= 0.3 is 0 Å². The first-order chi connectivity index (χ1) is 10.1. The third-order valence-corrected chi connectivity index (χ3v) is 4.19. The van der Waals surface area contributed by atoms with Gasteiger partial charge in [0.2, 0.25) is 0 Å². The van der Waals surface area contributed by atoms with E-state index < -0.39 is 11.6 Å². The summed E-state index contributed by atoms with van der Waals surface area (Å²) in [6.45, 7) is 4.66. The molecule has 1 aliphatic rings. The van der Waals surface area contributed by atoms with Crippen molar-refractivity contribution in [3.63, 3.8) is 0 Å². The molecule has 0 aliphatic heterocycles. The van der Waals surface area contributed by atoms with E-state index in [9.17, 15) is 8.78 Å². The fourth-order valence-corrected chi connectivity index (χ4v) is 2.90. The standard InChI is InChI=1S/C16H25F2N3/c1-3-9-19-15-13(17)10-14(18)16(21-15)20-11(2)12-7-5-4-6-8-12/h10-12H,3-9H2,1-2H3,(H2,19,20,21). The molecule has 1 heterocycles. The van der Waals surface area contributed by atoms with Gasteiger partial charge in [0.15, 0.2) is 23.3 Å². The zero-order chi connectivity index (χ0) is 15.2. The van der Waals surface area contributed by atoms with Crippen LogP contribution in [0.15, 0.2) is 6.07 Å². The highest BCUT2D eigenvalue weighted by molar-refractivity contribution is 5.48. The highest BCUT2D eigenvalue weighted by Crippen LogP contribution is 2.29. The molecule has 1 atom stereocenters. The Morgan fingerprint density at radius 3 is 2.52 bits per heavy atom. The Morgan fingerprint density at radius 2 is 1.86 bits per heavy atom. The summed E-state index contributed by atoms with van der Waals surface area (Å²) in [5, 5.41) is 6.02. The highest BCUT2D eigenvalue weighted by atomic mass is 19.1. The number of halogens is 2. The van der Waals surface area contributed by atoms with Crippen molar-refractivity contribution < 1.29 is 8.78 Å². The van der Waals surface area contributed by atoms with Crippen molar-refractivity contribution in [2.24, 2.45) is 5.92 Å². The van der Waals surface area contributed by atoms with Crippen LogP contribution in [0.4, 0.5) is 20.4 Å². The van der Waals surface area contributed by atoms with Crippen molar-refractivity contribution >= 4 is 11.6 Å². The van der Waals surface area contributed by atoms with Gasteiger partial charge < -0.3 is 10.6 Å². The smallest absolute Gasteiger partial charge is 0.168 e. The fraction of sp³-hybridized carbons (Fsp3) is 0.688. The van der Waals surface area contributed by atoms with E-state index in [1.54, 1.807) is 0 Å². The predicted octanol–water partition coefficient (Wildman–Crippen LogP) is 4.56. The number of hydrogen-bond acceptors (Lipinski definition) is 3. The van der Waals surface area contributed by atoms with E-state index in [0.29, 0.717) is 12.5 Å². The summed E-state index contributed by atoms with van der Waals surface area (Å²) >= 11 is 0. The molecule has 1 aromatic rings. The molecule has 0 saturated heterocycles. The normalized spacial score (nSPS) is 17.5. The minimum absolute atomic E-state index is 0.122. The van der Waals surface area contributed by atoms with Crippen LogP contribution in [-0.4, -0.2) is 17.6 Å². The minimum Gasteiger partial charge on any atom is -0.368 e. The van der Waals surface area contributed by atoms with Crippen LogP contribution in [0.1, 0.15) is 52.4 Å². The summed E-state index contributed by atoms with van der Waals surface area (Å²) in [6.07, 6.45) is 6.95. The topological polar surface area (TPSA) is 37.0 Å². The summed E-state index contributed by atoms with van der Waals surface area (Å²) in [5.41, 5.74) is 0. The van der Waals surface area contributed by atoms with Crippen LogP contribution >= 0.6 is 0 Å². The number of rotatable bonds is 6. The van der Waals surface area contributed by atoms with Gasteiger partial charge in [0.25, 0.3) is 0 Å². The van der Waals surface area contributed by atoms with E-state index in [1.165, 1.54) is 19.3 Å². The molecule has 1 fully saturated rings. The van der Waals surface area contributed by atoms with Crippen molar-refractivity contribution in [2.45, 2.75) is 58.4 Å². The maximum Gasteiger partial charge on any atom is 0.168 e. The van der Waals surface area contributed by atoms with E-state index in [4.69, 9.17) is 0 Å². The average molecular weight is 297 g/mol. The molecule has 0 spiro atoms. The first-order valence-corrected chi connectivity index (χ1v) is 7.98. The maximum absolute atomic E-state index is 13.9. The van der Waals surface area contributed by atoms with Crippen LogP contribution in [0, 0.1) is 17.6 Å². The van der Waals surface area contributed by atoms with Gasteiger partial charge in [0.1, 0.15) is 0 Å². The Hall–Kier alpha value is -1.39. The van der Waals surface area contributed by atoms with Crippen LogP contribution in [0.5, 0.6) is 0 Å². The van der Waals surface area contributed by atoms with Crippen molar-refractivity contribution in [3.05, 3.63) is 17.7 Å². The van der Waals surface area contributed by atoms with E-state index in [-0.39, 0.29) is 17.7 Å². The zero-order valence-electron chi connectivity index (χ0n) is 12.9. The number of aromatic nitrogens is 1. The van der Waals surface area contributed by atoms with Crippen LogP contribution in [-0.2, 0) is 0 Å². The third kappa shape index (κ3) is 4.29. The van der Waals surface area contributed by atoms with Gasteiger partial charge in [-0.2, -0.15) is 0 Å². The predicted molar refractivity (Wildman–Crippen MR) is 82.6 cm³/mol. The number of nitrogens with zero attached hydrogens (tertiary/aromatic N) is 1. The van der Waals surface area contributed by atoms with E-state index in [2.05, 4.69) is 22.5 Å². The Kier molecular flexibility index (Phi) is 5.76.